The van der Waals surface area contributed by atoms with Crippen LogP contribution < -0.4 is 10.6 Å². The van der Waals surface area contributed by atoms with E-state index in [0.717, 1.165) is 24.3 Å². The summed E-state index contributed by atoms with van der Waals surface area (Å²) in [4.78, 5) is 15.4. The molecule has 166 valence electrons. The second-order valence-electron chi connectivity index (χ2n) is 8.47. The number of nitrogens with one attached hydrogen (secondary N) is 2. The average Bonchev–Trinajstić information content (AvgIpc) is 2.79. The molecule has 0 fully saturated rings. The van der Waals surface area contributed by atoms with E-state index >= 15 is 0 Å². The van der Waals surface area contributed by atoms with Crippen molar-refractivity contribution in [1.29, 1.82) is 0 Å². The topological polar surface area (TPSA) is 74.2 Å². The van der Waals surface area contributed by atoms with E-state index in [9.17, 15) is 9.18 Å². The zero-order chi connectivity index (χ0) is 22.5. The van der Waals surface area contributed by atoms with Gasteiger partial charge >= 0.3 is 5.97 Å². The minimum absolute atomic E-state index is 0.0675. The van der Waals surface area contributed by atoms with E-state index in [1.165, 1.54) is 11.6 Å². The van der Waals surface area contributed by atoms with Crippen LogP contribution in [0.5, 0.6) is 0 Å². The lowest BCUT2D eigenvalue weighted by Crippen LogP contribution is -2.37. The second-order valence-corrected chi connectivity index (χ2v) is 8.47. The van der Waals surface area contributed by atoms with Crippen LogP contribution in [0.15, 0.2) is 66.9 Å². The Morgan fingerprint density at radius 1 is 1.22 bits per heavy atom. The summed E-state index contributed by atoms with van der Waals surface area (Å²) in [7, 11) is 0. The third-order valence-electron chi connectivity index (χ3n) is 6.13. The largest absolute Gasteiger partial charge is 0.481 e. The van der Waals surface area contributed by atoms with Crippen LogP contribution in [0.4, 0.5) is 10.1 Å². The van der Waals surface area contributed by atoms with Crippen molar-refractivity contribution < 1.29 is 14.3 Å². The fourth-order valence-electron chi connectivity index (χ4n) is 4.44. The number of nitrogens with zero attached hydrogens (tertiary/aromatic N) is 1. The van der Waals surface area contributed by atoms with Gasteiger partial charge in [-0.1, -0.05) is 49.4 Å². The molecule has 0 aliphatic carbocycles. The molecule has 0 bridgehead atoms. The van der Waals surface area contributed by atoms with Crippen molar-refractivity contribution >= 4 is 11.7 Å². The SMILES string of the molecule is C[C@@H](CN[C@H](c1ccccc1)[C@H]1CNc2cccnc2C1)c1ccc(CC(=O)O)cc1F. The number of fused-ring (bicyclic) bond motifs is 1. The Kier molecular flexibility index (Phi) is 6.81. The van der Waals surface area contributed by atoms with Crippen LogP contribution >= 0.6 is 0 Å². The van der Waals surface area contributed by atoms with Gasteiger partial charge in [0.05, 0.1) is 17.8 Å². The van der Waals surface area contributed by atoms with Gasteiger partial charge in [-0.05, 0) is 47.2 Å². The molecule has 3 N–H and O–H groups in total. The summed E-state index contributed by atoms with van der Waals surface area (Å²) in [6.07, 6.45) is 2.51. The number of aromatic nitrogens is 1. The van der Waals surface area contributed by atoms with Crippen molar-refractivity contribution in [3.63, 3.8) is 0 Å². The summed E-state index contributed by atoms with van der Waals surface area (Å²) < 4.78 is 14.7. The fraction of sp³-hybridized carbons (Fsp3) is 0.308. The van der Waals surface area contributed by atoms with Gasteiger partial charge in [0, 0.05) is 31.2 Å². The molecular formula is C26H28FN3O2. The molecular weight excluding hydrogens is 405 g/mol. The monoisotopic (exact) mass is 433 g/mol. The maximum Gasteiger partial charge on any atom is 0.307 e. The number of hydrogen-bond acceptors (Lipinski definition) is 4. The van der Waals surface area contributed by atoms with E-state index in [4.69, 9.17) is 5.11 Å². The van der Waals surface area contributed by atoms with Crippen LogP contribution in [-0.4, -0.2) is 29.1 Å². The highest BCUT2D eigenvalue weighted by Crippen LogP contribution is 2.32. The number of benzene rings is 2. The first-order valence-electron chi connectivity index (χ1n) is 11.0. The molecule has 2 heterocycles. The summed E-state index contributed by atoms with van der Waals surface area (Å²) in [5.74, 6) is -1.08. The van der Waals surface area contributed by atoms with Crippen molar-refractivity contribution in [3.8, 4) is 0 Å². The van der Waals surface area contributed by atoms with Gasteiger partial charge in [0.15, 0.2) is 0 Å². The van der Waals surface area contributed by atoms with Crippen LogP contribution in [0.2, 0.25) is 0 Å². The van der Waals surface area contributed by atoms with Gasteiger partial charge < -0.3 is 15.7 Å². The van der Waals surface area contributed by atoms with Gasteiger partial charge in [-0.25, -0.2) is 4.39 Å². The van der Waals surface area contributed by atoms with Crippen molar-refractivity contribution in [2.24, 2.45) is 5.92 Å². The molecule has 0 saturated heterocycles. The van der Waals surface area contributed by atoms with Crippen LogP contribution in [-0.2, 0) is 17.6 Å². The highest BCUT2D eigenvalue weighted by atomic mass is 19.1. The predicted molar refractivity (Wildman–Crippen MR) is 123 cm³/mol. The van der Waals surface area contributed by atoms with Crippen molar-refractivity contribution in [2.75, 3.05) is 18.4 Å². The lowest BCUT2D eigenvalue weighted by molar-refractivity contribution is -0.136. The molecule has 32 heavy (non-hydrogen) atoms. The number of carboxylic acids is 1. The van der Waals surface area contributed by atoms with Gasteiger partial charge in [-0.3, -0.25) is 9.78 Å². The fourth-order valence-corrected chi connectivity index (χ4v) is 4.44. The molecule has 1 aromatic heterocycles. The molecule has 6 heteroatoms. The number of carbonyl (C=O) groups is 1. The average molecular weight is 434 g/mol. The predicted octanol–water partition coefficient (Wildman–Crippen LogP) is 4.57. The first-order chi connectivity index (χ1) is 15.5. The zero-order valence-electron chi connectivity index (χ0n) is 18.1. The number of aliphatic carboxylic acids is 1. The van der Waals surface area contributed by atoms with Gasteiger partial charge in [0.1, 0.15) is 5.82 Å². The molecule has 3 atom stereocenters. The molecule has 0 radical (unpaired) electrons. The Hall–Kier alpha value is -3.25. The Balaban J connectivity index is 1.49. The van der Waals surface area contributed by atoms with E-state index in [-0.39, 0.29) is 24.2 Å². The summed E-state index contributed by atoms with van der Waals surface area (Å²) in [5, 5.41) is 16.1. The lowest BCUT2D eigenvalue weighted by atomic mass is 9.86. The number of anilines is 1. The van der Waals surface area contributed by atoms with E-state index in [1.54, 1.807) is 12.1 Å². The van der Waals surface area contributed by atoms with Crippen LogP contribution in [0.1, 0.15) is 41.3 Å². The van der Waals surface area contributed by atoms with E-state index in [1.807, 2.05) is 37.4 Å². The second kappa shape index (κ2) is 9.92. The number of carboxylic acid groups (broad SMARTS) is 1. The maximum absolute atomic E-state index is 14.7. The highest BCUT2D eigenvalue weighted by Gasteiger charge is 2.28. The summed E-state index contributed by atoms with van der Waals surface area (Å²) in [6, 6.07) is 19.2. The van der Waals surface area contributed by atoms with Gasteiger partial charge in [-0.15, -0.1) is 0 Å². The summed E-state index contributed by atoms with van der Waals surface area (Å²) in [5.41, 5.74) is 4.42. The van der Waals surface area contributed by atoms with Gasteiger partial charge in [-0.2, -0.15) is 0 Å². The third-order valence-corrected chi connectivity index (χ3v) is 6.13. The van der Waals surface area contributed by atoms with Crippen molar-refractivity contribution in [3.05, 3.63) is 95.1 Å². The van der Waals surface area contributed by atoms with E-state index in [2.05, 4.69) is 33.8 Å². The summed E-state index contributed by atoms with van der Waals surface area (Å²) in [6.45, 7) is 3.42. The van der Waals surface area contributed by atoms with Gasteiger partial charge in [0.25, 0.3) is 0 Å². The minimum Gasteiger partial charge on any atom is -0.481 e. The normalized spacial score (nSPS) is 17.1. The number of pyridine rings is 1. The third kappa shape index (κ3) is 5.14. The van der Waals surface area contributed by atoms with Crippen LogP contribution in [0.3, 0.4) is 0 Å². The molecule has 1 aliphatic heterocycles. The highest BCUT2D eigenvalue weighted by molar-refractivity contribution is 5.70. The molecule has 4 rings (SSSR count). The number of hydrogen-bond donors (Lipinski definition) is 3. The van der Waals surface area contributed by atoms with Gasteiger partial charge in [0.2, 0.25) is 0 Å². The first kappa shape index (κ1) is 22.0. The van der Waals surface area contributed by atoms with Crippen LogP contribution in [0, 0.1) is 11.7 Å². The Morgan fingerprint density at radius 2 is 2.03 bits per heavy atom. The molecule has 1 aliphatic rings. The summed E-state index contributed by atoms with van der Waals surface area (Å²) >= 11 is 0. The molecule has 0 spiro atoms. The zero-order valence-corrected chi connectivity index (χ0v) is 18.1. The molecule has 5 nitrogen and oxygen atoms in total. The Bertz CT molecular complexity index is 1070. The molecule has 0 saturated carbocycles. The Labute approximate surface area is 187 Å². The molecule has 0 unspecified atom stereocenters. The Morgan fingerprint density at radius 3 is 2.78 bits per heavy atom. The number of halogens is 1. The van der Waals surface area contributed by atoms with E-state index in [0.29, 0.717) is 23.6 Å². The smallest absolute Gasteiger partial charge is 0.307 e. The molecule has 0 amide bonds. The number of rotatable bonds is 8. The standard InChI is InChI=1S/C26H28FN3O2/c1-17(21-10-9-18(12-22(21)27)13-25(31)32)15-30-26(19-6-3-2-4-7-19)20-14-24-23(29-16-20)8-5-11-28-24/h2-12,17,20,26,29-30H,13-16H2,1H3,(H,31,32)/t17-,20+,26+/m0/s1. The van der Waals surface area contributed by atoms with Crippen molar-refractivity contribution in [1.82, 2.24) is 10.3 Å². The van der Waals surface area contributed by atoms with Crippen LogP contribution in [0.25, 0.3) is 0 Å². The lowest BCUT2D eigenvalue weighted by Gasteiger charge is -2.33. The molecule has 3 aromatic rings. The molecule has 2 aromatic carbocycles. The maximum atomic E-state index is 14.7. The van der Waals surface area contributed by atoms with Crippen molar-refractivity contribution in [2.45, 2.75) is 31.7 Å². The minimum atomic E-state index is -0.963. The first-order valence-corrected chi connectivity index (χ1v) is 11.0. The van der Waals surface area contributed by atoms with E-state index < -0.39 is 5.97 Å². The quantitative estimate of drug-likeness (QED) is 0.485.